The molecule has 0 N–H and O–H groups in total. The van der Waals surface area contributed by atoms with Gasteiger partial charge in [0, 0.05) is 16.9 Å². The molecule has 1 heterocycles. The van der Waals surface area contributed by atoms with Crippen molar-refractivity contribution in [2.75, 3.05) is 0 Å². The van der Waals surface area contributed by atoms with Gasteiger partial charge in [-0.05, 0) is 0 Å². The lowest BCUT2D eigenvalue weighted by Crippen LogP contribution is -3.00. The molecule has 0 amide bonds. The van der Waals surface area contributed by atoms with Crippen molar-refractivity contribution in [3.8, 4) is 0 Å². The molecule has 0 atom stereocenters. The van der Waals surface area contributed by atoms with Crippen LogP contribution in [0.4, 0.5) is 4.48 Å². The van der Waals surface area contributed by atoms with E-state index < -0.39 is 0 Å². The monoisotopic (exact) mass is 117 g/mol. The van der Waals surface area contributed by atoms with Crippen LogP contribution < -0.4 is 9.49 Å². The molecule has 0 saturated carbocycles. The molecule has 0 aromatic carbocycles. The first-order chi connectivity index (χ1) is 3.39. The Hall–Kier alpha value is -0.990. The van der Waals surface area contributed by atoms with Gasteiger partial charge >= 0.3 is 0 Å². The second kappa shape index (κ2) is 3.07. The van der Waals surface area contributed by atoms with Crippen LogP contribution in [-0.2, 0) is 0 Å². The maximum Gasteiger partial charge on any atom is 0.218 e. The highest BCUT2D eigenvalue weighted by Crippen LogP contribution is 1.73. The van der Waals surface area contributed by atoms with E-state index in [0.717, 1.165) is 0 Å². The zero-order chi connectivity index (χ0) is 5.11. The van der Waals surface area contributed by atoms with Crippen LogP contribution in [0.3, 0.4) is 0 Å². The van der Waals surface area contributed by atoms with Gasteiger partial charge < -0.3 is 4.70 Å². The van der Waals surface area contributed by atoms with Gasteiger partial charge in [0.1, 0.15) is 0 Å². The van der Waals surface area contributed by atoms with E-state index in [1.165, 1.54) is 12.4 Å². The third-order valence-corrected chi connectivity index (χ3v) is 0.679. The fourth-order valence-corrected chi connectivity index (χ4v) is 0.378. The average Bonchev–Trinajstić information content (AvgIpc) is 1.69. The molecule has 44 valence electrons. The molecule has 0 aliphatic carbocycles. The Balaban J connectivity index is 0.000000490. The van der Waals surface area contributed by atoms with Gasteiger partial charge in [0.2, 0.25) is 12.4 Å². The topological polar surface area (TPSA) is 3.88 Å². The number of aromatic nitrogens is 1. The van der Waals surface area contributed by atoms with Crippen molar-refractivity contribution in [2.45, 2.75) is 0 Å². The van der Waals surface area contributed by atoms with Crippen LogP contribution in [0.1, 0.15) is 0 Å². The van der Waals surface area contributed by atoms with E-state index in [4.69, 9.17) is 0 Å². The van der Waals surface area contributed by atoms with E-state index in [1.54, 1.807) is 18.2 Å². The largest absolute Gasteiger partial charge is 1.00 e. The van der Waals surface area contributed by atoms with E-state index >= 15 is 0 Å². The summed E-state index contributed by atoms with van der Waals surface area (Å²) in [7, 11) is 0. The summed E-state index contributed by atoms with van der Waals surface area (Å²) < 4.78 is 11.8. The lowest BCUT2D eigenvalue weighted by Gasteiger charge is -1.69. The highest BCUT2D eigenvalue weighted by Gasteiger charge is 1.86. The molecule has 0 saturated heterocycles. The first-order valence-corrected chi connectivity index (χ1v) is 2.02. The number of rotatable bonds is 0. The molecule has 0 unspecified atom stereocenters. The van der Waals surface area contributed by atoms with Crippen molar-refractivity contribution in [3.63, 3.8) is 0 Å². The van der Waals surface area contributed by atoms with Crippen LogP contribution in [0.5, 0.6) is 0 Å². The van der Waals surface area contributed by atoms with Crippen molar-refractivity contribution in [1.82, 2.24) is 0 Å². The normalized spacial score (nSPS) is 7.62. The summed E-state index contributed by atoms with van der Waals surface area (Å²) in [5.74, 6) is 0. The maximum absolute atomic E-state index is 11.8. The molecule has 8 heavy (non-hydrogen) atoms. The summed E-state index contributed by atoms with van der Waals surface area (Å²) in [6.07, 6.45) is 2.67. The fraction of sp³-hybridized carbons (Fsp3) is 0. The van der Waals surface area contributed by atoms with Gasteiger partial charge in [-0.2, -0.15) is 0 Å². The summed E-state index contributed by atoms with van der Waals surface area (Å²) >= 11 is 0. The number of hydrogen-bond donors (Lipinski definition) is 0. The summed E-state index contributed by atoms with van der Waals surface area (Å²) in [4.78, 5) is 0.500. The number of nitrogens with zero attached hydrogens (tertiary/aromatic N) is 1. The Kier molecular flexibility index (Phi) is 2.69. The summed E-state index contributed by atoms with van der Waals surface area (Å²) in [6.45, 7) is 0. The lowest BCUT2D eigenvalue weighted by molar-refractivity contribution is -0.843. The van der Waals surface area contributed by atoms with Crippen LogP contribution in [0, 0.1) is 0 Å². The standard InChI is InChI=1S/C5H5FN.FH/c6-7-4-2-1-3-5-7;/h1-5H;1H/q+1;/p-1. The van der Waals surface area contributed by atoms with E-state index in [2.05, 4.69) is 0 Å². The first kappa shape index (κ1) is 7.01. The number of pyridine rings is 1. The Labute approximate surface area is 45.7 Å². The molecule has 0 bridgehead atoms. The zero-order valence-corrected chi connectivity index (χ0v) is 4.09. The molecule has 0 aliphatic rings. The van der Waals surface area contributed by atoms with Gasteiger partial charge in [-0.3, -0.25) is 0 Å². The quantitative estimate of drug-likeness (QED) is 0.360. The van der Waals surface area contributed by atoms with E-state index in [9.17, 15) is 4.48 Å². The molecule has 0 fully saturated rings. The Morgan fingerprint density at radius 2 is 1.50 bits per heavy atom. The van der Waals surface area contributed by atoms with Crippen molar-refractivity contribution >= 4 is 0 Å². The van der Waals surface area contributed by atoms with E-state index in [-0.39, 0.29) is 4.70 Å². The molecule has 0 radical (unpaired) electrons. The highest BCUT2D eigenvalue weighted by molar-refractivity contribution is 4.82. The SMILES string of the molecule is F[n+]1ccccc1.[F-]. The third kappa shape index (κ3) is 1.64. The molecular weight excluding hydrogens is 112 g/mol. The van der Waals surface area contributed by atoms with E-state index in [0.29, 0.717) is 4.79 Å². The molecule has 1 aromatic heterocycles. The molecule has 3 heteroatoms. The summed E-state index contributed by atoms with van der Waals surface area (Å²) in [5, 5.41) is 0. The van der Waals surface area contributed by atoms with Crippen LogP contribution in [0.25, 0.3) is 0 Å². The molecule has 0 aliphatic heterocycles. The van der Waals surface area contributed by atoms with Crippen molar-refractivity contribution in [2.24, 2.45) is 0 Å². The minimum absolute atomic E-state index is 0. The lowest BCUT2D eigenvalue weighted by atomic mass is 10.5. The molecule has 1 nitrogen and oxygen atoms in total. The average molecular weight is 117 g/mol. The van der Waals surface area contributed by atoms with Crippen LogP contribution in [0.15, 0.2) is 30.6 Å². The first-order valence-electron chi connectivity index (χ1n) is 2.02. The Morgan fingerprint density at radius 3 is 1.75 bits per heavy atom. The number of halogens is 2. The molecule has 0 spiro atoms. The summed E-state index contributed by atoms with van der Waals surface area (Å²) in [6, 6.07) is 5.01. The van der Waals surface area contributed by atoms with Gasteiger partial charge in [0.25, 0.3) is 0 Å². The smallest absolute Gasteiger partial charge is 0.218 e. The van der Waals surface area contributed by atoms with Crippen LogP contribution >= 0.6 is 0 Å². The summed E-state index contributed by atoms with van der Waals surface area (Å²) in [5.41, 5.74) is 0. The van der Waals surface area contributed by atoms with Crippen molar-refractivity contribution < 1.29 is 14.0 Å². The van der Waals surface area contributed by atoms with Crippen molar-refractivity contribution in [1.29, 1.82) is 0 Å². The Morgan fingerprint density at radius 1 is 1.00 bits per heavy atom. The molecule has 1 aromatic rings. The van der Waals surface area contributed by atoms with Gasteiger partial charge in [0.05, 0.1) is 4.48 Å². The van der Waals surface area contributed by atoms with Crippen molar-refractivity contribution in [3.05, 3.63) is 30.6 Å². The Bertz CT molecular complexity index is 140. The van der Waals surface area contributed by atoms with Crippen LogP contribution in [0.2, 0.25) is 0 Å². The minimum Gasteiger partial charge on any atom is -1.00 e. The van der Waals surface area contributed by atoms with Gasteiger partial charge in [0.15, 0.2) is 0 Å². The van der Waals surface area contributed by atoms with Gasteiger partial charge in [-0.1, -0.05) is 6.07 Å². The maximum atomic E-state index is 11.8. The third-order valence-electron chi connectivity index (χ3n) is 0.679. The van der Waals surface area contributed by atoms with Gasteiger partial charge in [-0.15, -0.1) is 0 Å². The van der Waals surface area contributed by atoms with Crippen LogP contribution in [-0.4, -0.2) is 0 Å². The second-order valence-electron chi connectivity index (χ2n) is 1.22. The predicted octanol–water partition coefficient (Wildman–Crippen LogP) is -2.29. The van der Waals surface area contributed by atoms with E-state index in [1.807, 2.05) is 0 Å². The number of hydrogen-bond acceptors (Lipinski definition) is 0. The predicted molar refractivity (Wildman–Crippen MR) is 23.1 cm³/mol. The van der Waals surface area contributed by atoms with Gasteiger partial charge in [-0.25, -0.2) is 0 Å². The fourth-order valence-electron chi connectivity index (χ4n) is 0.378. The zero-order valence-electron chi connectivity index (χ0n) is 4.09. The molecular formula is C5H5F2N. The highest BCUT2D eigenvalue weighted by atomic mass is 19.2. The molecule has 1 rings (SSSR count). The second-order valence-corrected chi connectivity index (χ2v) is 1.22. The minimum atomic E-state index is 0.